The smallest absolute Gasteiger partial charge is 0.118 e. The number of rotatable bonds is 3. The topological polar surface area (TPSA) is 9.23 Å². The molecule has 0 amide bonds. The first-order chi connectivity index (χ1) is 11.8. The predicted molar refractivity (Wildman–Crippen MR) is 101 cm³/mol. The Morgan fingerprint density at radius 1 is 0.625 bits per heavy atom. The summed E-state index contributed by atoms with van der Waals surface area (Å²) in [7, 11) is 1.66. The number of hydrogen-bond acceptors (Lipinski definition) is 1. The minimum atomic E-state index is 0.843. The standard InChI is InChI=1S/C23H18O/c1-24-23-17-15-22(16-18-23)14-13-21-11-9-20(10-12-21)8-7-19-5-3-2-4-6-19/h2-12,15-18H,1H3/b8-7+. The van der Waals surface area contributed by atoms with Gasteiger partial charge in [0.25, 0.3) is 0 Å². The van der Waals surface area contributed by atoms with Crippen LogP contribution < -0.4 is 4.74 Å². The maximum Gasteiger partial charge on any atom is 0.118 e. The third-order valence-corrected chi connectivity index (χ3v) is 3.62. The SMILES string of the molecule is COc1ccc(C#Cc2ccc(/C=C/c3ccccc3)cc2)cc1. The van der Waals surface area contributed by atoms with Gasteiger partial charge in [-0.05, 0) is 47.5 Å². The van der Waals surface area contributed by atoms with Crippen LogP contribution in [0.4, 0.5) is 0 Å². The van der Waals surface area contributed by atoms with E-state index < -0.39 is 0 Å². The maximum absolute atomic E-state index is 5.15. The average Bonchev–Trinajstić information content (AvgIpc) is 2.67. The van der Waals surface area contributed by atoms with Crippen molar-refractivity contribution >= 4 is 12.2 Å². The summed E-state index contributed by atoms with van der Waals surface area (Å²) in [5.41, 5.74) is 4.33. The molecule has 3 rings (SSSR count). The van der Waals surface area contributed by atoms with Gasteiger partial charge in [-0.15, -0.1) is 0 Å². The highest BCUT2D eigenvalue weighted by atomic mass is 16.5. The Morgan fingerprint density at radius 3 is 1.67 bits per heavy atom. The molecule has 0 aliphatic rings. The molecule has 0 N–H and O–H groups in total. The molecule has 0 unspecified atom stereocenters. The van der Waals surface area contributed by atoms with Crippen molar-refractivity contribution in [2.24, 2.45) is 0 Å². The van der Waals surface area contributed by atoms with Crippen LogP contribution in [0.5, 0.6) is 5.75 Å². The maximum atomic E-state index is 5.15. The van der Waals surface area contributed by atoms with E-state index in [1.165, 1.54) is 5.56 Å². The highest BCUT2D eigenvalue weighted by molar-refractivity contribution is 5.69. The second-order valence-electron chi connectivity index (χ2n) is 5.34. The van der Waals surface area contributed by atoms with Crippen molar-refractivity contribution in [3.63, 3.8) is 0 Å². The van der Waals surface area contributed by atoms with E-state index in [-0.39, 0.29) is 0 Å². The molecule has 0 fully saturated rings. The molecule has 0 spiro atoms. The van der Waals surface area contributed by atoms with Crippen LogP contribution in [0.1, 0.15) is 22.3 Å². The predicted octanol–water partition coefficient (Wildman–Crippen LogP) is 5.27. The van der Waals surface area contributed by atoms with Crippen LogP contribution in [0.25, 0.3) is 12.2 Å². The third kappa shape index (κ3) is 4.38. The molecule has 24 heavy (non-hydrogen) atoms. The molecule has 3 aromatic rings. The fraction of sp³-hybridized carbons (Fsp3) is 0.0435. The summed E-state index contributed by atoms with van der Waals surface area (Å²) in [5, 5.41) is 0. The normalized spacial score (nSPS) is 10.2. The Bertz CT molecular complexity index is 861. The Balaban J connectivity index is 1.68. The van der Waals surface area contributed by atoms with E-state index in [9.17, 15) is 0 Å². The fourth-order valence-electron chi connectivity index (χ4n) is 2.25. The van der Waals surface area contributed by atoms with Crippen LogP contribution in [0, 0.1) is 11.8 Å². The molecule has 3 aromatic carbocycles. The Labute approximate surface area is 143 Å². The van der Waals surface area contributed by atoms with Crippen molar-refractivity contribution in [2.45, 2.75) is 0 Å². The van der Waals surface area contributed by atoms with E-state index in [1.807, 2.05) is 54.6 Å². The molecule has 0 saturated carbocycles. The molecule has 116 valence electrons. The van der Waals surface area contributed by atoms with Crippen LogP contribution in [0.2, 0.25) is 0 Å². The van der Waals surface area contributed by atoms with Crippen molar-refractivity contribution in [1.29, 1.82) is 0 Å². The van der Waals surface area contributed by atoms with E-state index in [0.29, 0.717) is 0 Å². The molecule has 0 radical (unpaired) electrons. The molecule has 0 atom stereocenters. The largest absolute Gasteiger partial charge is 0.497 e. The van der Waals surface area contributed by atoms with Crippen LogP contribution in [-0.4, -0.2) is 7.11 Å². The third-order valence-electron chi connectivity index (χ3n) is 3.62. The second kappa shape index (κ2) is 7.85. The fourth-order valence-corrected chi connectivity index (χ4v) is 2.25. The van der Waals surface area contributed by atoms with Crippen LogP contribution in [0.3, 0.4) is 0 Å². The van der Waals surface area contributed by atoms with Crippen LogP contribution >= 0.6 is 0 Å². The highest BCUT2D eigenvalue weighted by Gasteiger charge is 1.92. The Hall–Kier alpha value is -3.24. The van der Waals surface area contributed by atoms with Gasteiger partial charge in [-0.25, -0.2) is 0 Å². The summed E-state index contributed by atoms with van der Waals surface area (Å²) in [6.45, 7) is 0. The number of ether oxygens (including phenoxy) is 1. The van der Waals surface area contributed by atoms with E-state index in [0.717, 1.165) is 22.4 Å². The Kier molecular flexibility index (Phi) is 5.12. The first kappa shape index (κ1) is 15.6. The summed E-state index contributed by atoms with van der Waals surface area (Å²) in [6, 6.07) is 26.3. The zero-order valence-corrected chi connectivity index (χ0v) is 13.6. The van der Waals surface area contributed by atoms with Crippen LogP contribution in [-0.2, 0) is 0 Å². The van der Waals surface area contributed by atoms with Gasteiger partial charge in [0, 0.05) is 11.1 Å². The van der Waals surface area contributed by atoms with Crippen molar-refractivity contribution in [1.82, 2.24) is 0 Å². The molecular formula is C23H18O. The van der Waals surface area contributed by atoms with Gasteiger partial charge >= 0.3 is 0 Å². The molecule has 1 nitrogen and oxygen atoms in total. The zero-order chi connectivity index (χ0) is 16.6. The lowest BCUT2D eigenvalue weighted by Crippen LogP contribution is -1.82. The highest BCUT2D eigenvalue weighted by Crippen LogP contribution is 2.11. The summed E-state index contributed by atoms with van der Waals surface area (Å²) < 4.78 is 5.15. The number of methoxy groups -OCH3 is 1. The van der Waals surface area contributed by atoms with Gasteiger partial charge in [0.2, 0.25) is 0 Å². The lowest BCUT2D eigenvalue weighted by molar-refractivity contribution is 0.415. The summed E-state index contributed by atoms with van der Waals surface area (Å²) >= 11 is 0. The summed E-state index contributed by atoms with van der Waals surface area (Å²) in [4.78, 5) is 0. The number of hydrogen-bond donors (Lipinski definition) is 0. The molecule has 0 aliphatic carbocycles. The summed E-state index contributed by atoms with van der Waals surface area (Å²) in [5.74, 6) is 7.19. The molecule has 0 heterocycles. The minimum absolute atomic E-state index is 0.843. The second-order valence-corrected chi connectivity index (χ2v) is 5.34. The first-order valence-electron chi connectivity index (χ1n) is 7.83. The lowest BCUT2D eigenvalue weighted by atomic mass is 10.1. The van der Waals surface area contributed by atoms with Gasteiger partial charge in [0.05, 0.1) is 7.11 Å². The molecule has 0 saturated heterocycles. The van der Waals surface area contributed by atoms with Crippen molar-refractivity contribution < 1.29 is 4.74 Å². The van der Waals surface area contributed by atoms with Gasteiger partial charge < -0.3 is 4.74 Å². The summed E-state index contributed by atoms with van der Waals surface area (Å²) in [6.07, 6.45) is 4.22. The van der Waals surface area contributed by atoms with Gasteiger partial charge in [0.1, 0.15) is 5.75 Å². The van der Waals surface area contributed by atoms with Gasteiger partial charge in [-0.2, -0.15) is 0 Å². The van der Waals surface area contributed by atoms with Crippen LogP contribution in [0.15, 0.2) is 78.9 Å². The molecule has 1 heteroatoms. The van der Waals surface area contributed by atoms with Crippen molar-refractivity contribution in [3.8, 4) is 17.6 Å². The molecule has 0 aliphatic heterocycles. The van der Waals surface area contributed by atoms with E-state index in [1.54, 1.807) is 7.11 Å². The van der Waals surface area contributed by atoms with E-state index in [2.05, 4.69) is 48.3 Å². The van der Waals surface area contributed by atoms with E-state index >= 15 is 0 Å². The minimum Gasteiger partial charge on any atom is -0.497 e. The van der Waals surface area contributed by atoms with Crippen molar-refractivity contribution in [2.75, 3.05) is 7.11 Å². The monoisotopic (exact) mass is 310 g/mol. The average molecular weight is 310 g/mol. The number of benzene rings is 3. The van der Waals surface area contributed by atoms with Crippen molar-refractivity contribution in [3.05, 3.63) is 101 Å². The molecule has 0 bridgehead atoms. The van der Waals surface area contributed by atoms with E-state index in [4.69, 9.17) is 4.74 Å². The Morgan fingerprint density at radius 2 is 1.12 bits per heavy atom. The lowest BCUT2D eigenvalue weighted by Gasteiger charge is -1.98. The quantitative estimate of drug-likeness (QED) is 0.473. The first-order valence-corrected chi connectivity index (χ1v) is 7.83. The van der Waals surface area contributed by atoms with Gasteiger partial charge in [0.15, 0.2) is 0 Å². The zero-order valence-electron chi connectivity index (χ0n) is 13.6. The molecular weight excluding hydrogens is 292 g/mol. The van der Waals surface area contributed by atoms with Gasteiger partial charge in [-0.1, -0.05) is 66.5 Å². The van der Waals surface area contributed by atoms with Gasteiger partial charge in [-0.3, -0.25) is 0 Å². The molecule has 0 aromatic heterocycles.